The summed E-state index contributed by atoms with van der Waals surface area (Å²) in [5.74, 6) is -0.828. The lowest BCUT2D eigenvalue weighted by atomic mass is 10.3. The first kappa shape index (κ1) is 23.2. The maximum absolute atomic E-state index is 13.0. The molecule has 32 heavy (non-hydrogen) atoms. The summed E-state index contributed by atoms with van der Waals surface area (Å²) in [4.78, 5) is 20.1. The molecular formula is C19H19F3N6O3S. The van der Waals surface area contributed by atoms with E-state index in [1.807, 2.05) is 0 Å². The number of nitrogens with one attached hydrogen (secondary N) is 2. The fourth-order valence-electron chi connectivity index (χ4n) is 2.90. The third-order valence-corrected chi connectivity index (χ3v) is 5.49. The summed E-state index contributed by atoms with van der Waals surface area (Å²) in [6, 6.07) is 7.64. The summed E-state index contributed by atoms with van der Waals surface area (Å²) in [5, 5.41) is 6.11. The van der Waals surface area contributed by atoms with Gasteiger partial charge in [0, 0.05) is 17.1 Å². The third kappa shape index (κ3) is 5.60. The number of aromatic nitrogens is 4. The van der Waals surface area contributed by atoms with Crippen molar-refractivity contribution in [3.63, 3.8) is 0 Å². The van der Waals surface area contributed by atoms with Gasteiger partial charge in [-0.1, -0.05) is 0 Å². The van der Waals surface area contributed by atoms with Crippen LogP contribution < -0.4 is 10.0 Å². The van der Waals surface area contributed by atoms with Crippen molar-refractivity contribution in [2.45, 2.75) is 38.4 Å². The number of halogens is 3. The molecule has 2 N–H and O–H groups in total. The van der Waals surface area contributed by atoms with Crippen LogP contribution >= 0.6 is 0 Å². The molecular weight excluding hydrogens is 449 g/mol. The second kappa shape index (κ2) is 8.57. The Morgan fingerprint density at radius 2 is 1.59 bits per heavy atom. The maximum atomic E-state index is 13.0. The van der Waals surface area contributed by atoms with E-state index in [9.17, 15) is 26.4 Å². The van der Waals surface area contributed by atoms with Crippen LogP contribution in [0.1, 0.15) is 22.8 Å². The Balaban J connectivity index is 1.70. The Hall–Kier alpha value is -3.48. The lowest BCUT2D eigenvalue weighted by molar-refractivity contribution is -0.144. The van der Waals surface area contributed by atoms with E-state index in [4.69, 9.17) is 0 Å². The number of amides is 1. The highest BCUT2D eigenvalue weighted by Gasteiger charge is 2.35. The summed E-state index contributed by atoms with van der Waals surface area (Å²) < 4.78 is 67.0. The molecule has 1 aromatic carbocycles. The van der Waals surface area contributed by atoms with Gasteiger partial charge in [0.25, 0.3) is 10.0 Å². The molecule has 0 bridgehead atoms. The SMILES string of the molecule is Cc1cc(C)nc(NS(=O)(=O)c2ccc(NC(=O)Cn3nc(C)cc3C(F)(F)F)cc2)n1. The number of anilines is 2. The highest BCUT2D eigenvalue weighted by molar-refractivity contribution is 7.92. The van der Waals surface area contributed by atoms with Crippen LogP contribution in [0.4, 0.5) is 24.8 Å². The van der Waals surface area contributed by atoms with E-state index >= 15 is 0 Å². The number of aryl methyl sites for hydroxylation is 3. The van der Waals surface area contributed by atoms with E-state index in [1.165, 1.54) is 31.2 Å². The van der Waals surface area contributed by atoms with Crippen molar-refractivity contribution in [2.24, 2.45) is 0 Å². The minimum Gasteiger partial charge on any atom is -0.324 e. The zero-order chi connectivity index (χ0) is 23.7. The first-order valence-electron chi connectivity index (χ1n) is 9.20. The zero-order valence-corrected chi connectivity index (χ0v) is 18.0. The van der Waals surface area contributed by atoms with Gasteiger partial charge in [-0.2, -0.15) is 18.3 Å². The largest absolute Gasteiger partial charge is 0.433 e. The Morgan fingerprint density at radius 1 is 1.00 bits per heavy atom. The lowest BCUT2D eigenvalue weighted by Gasteiger charge is -2.11. The van der Waals surface area contributed by atoms with Crippen LogP contribution in [-0.2, 0) is 27.5 Å². The van der Waals surface area contributed by atoms with Gasteiger partial charge in [-0.15, -0.1) is 0 Å². The van der Waals surface area contributed by atoms with Crippen LogP contribution in [-0.4, -0.2) is 34.1 Å². The number of hydrogen-bond donors (Lipinski definition) is 2. The fourth-order valence-corrected chi connectivity index (χ4v) is 3.84. The van der Waals surface area contributed by atoms with Crippen LogP contribution in [0.25, 0.3) is 0 Å². The Morgan fingerprint density at radius 3 is 2.16 bits per heavy atom. The molecule has 0 aliphatic carbocycles. The Bertz CT molecular complexity index is 1230. The topological polar surface area (TPSA) is 119 Å². The number of benzene rings is 1. The minimum atomic E-state index is -4.65. The normalized spacial score (nSPS) is 11.9. The molecule has 0 fully saturated rings. The second-order valence-electron chi connectivity index (χ2n) is 6.98. The Kier molecular flexibility index (Phi) is 6.21. The summed E-state index contributed by atoms with van der Waals surface area (Å²) in [6.07, 6.45) is -4.65. The predicted molar refractivity (Wildman–Crippen MR) is 109 cm³/mol. The van der Waals surface area contributed by atoms with Gasteiger partial charge in [-0.3, -0.25) is 9.48 Å². The standard InChI is InChI=1S/C19H19F3N6O3S/c1-11-8-12(2)24-18(23-11)27-32(30,31)15-6-4-14(5-7-15)25-17(29)10-28-16(19(20,21)22)9-13(3)26-28/h4-9H,10H2,1-3H3,(H,25,29)(H,23,24,27). The monoisotopic (exact) mass is 468 g/mol. The van der Waals surface area contributed by atoms with Gasteiger partial charge in [0.05, 0.1) is 10.6 Å². The van der Waals surface area contributed by atoms with Crippen molar-refractivity contribution in [1.82, 2.24) is 19.7 Å². The van der Waals surface area contributed by atoms with Crippen molar-refractivity contribution in [3.05, 3.63) is 59.2 Å². The molecule has 2 heterocycles. The van der Waals surface area contributed by atoms with E-state index in [-0.39, 0.29) is 22.2 Å². The lowest BCUT2D eigenvalue weighted by Crippen LogP contribution is -2.23. The van der Waals surface area contributed by atoms with E-state index in [0.717, 1.165) is 6.07 Å². The molecule has 13 heteroatoms. The first-order chi connectivity index (χ1) is 14.8. The quantitative estimate of drug-likeness (QED) is 0.574. The summed E-state index contributed by atoms with van der Waals surface area (Å²) in [5.41, 5.74) is 0.476. The minimum absolute atomic E-state index is 0.0742. The highest BCUT2D eigenvalue weighted by Crippen LogP contribution is 2.29. The molecule has 9 nitrogen and oxygen atoms in total. The molecule has 3 rings (SSSR count). The molecule has 170 valence electrons. The molecule has 0 aliphatic rings. The van der Waals surface area contributed by atoms with Crippen molar-refractivity contribution in [2.75, 3.05) is 10.0 Å². The molecule has 0 spiro atoms. The van der Waals surface area contributed by atoms with Crippen LogP contribution in [0.15, 0.2) is 41.3 Å². The average Bonchev–Trinajstić information content (AvgIpc) is 3.01. The molecule has 3 aromatic rings. The molecule has 0 atom stereocenters. The zero-order valence-electron chi connectivity index (χ0n) is 17.2. The van der Waals surface area contributed by atoms with Gasteiger partial charge in [0.1, 0.15) is 12.2 Å². The molecule has 2 aromatic heterocycles. The molecule has 0 saturated carbocycles. The van der Waals surface area contributed by atoms with Gasteiger partial charge in [-0.05, 0) is 57.2 Å². The van der Waals surface area contributed by atoms with E-state index < -0.39 is 34.3 Å². The molecule has 0 unspecified atom stereocenters. The van der Waals surface area contributed by atoms with Crippen LogP contribution in [0.3, 0.4) is 0 Å². The number of carbonyl (C=O) groups excluding carboxylic acids is 1. The molecule has 0 aliphatic heterocycles. The van der Waals surface area contributed by atoms with Gasteiger partial charge in [0.15, 0.2) is 0 Å². The van der Waals surface area contributed by atoms with Crippen molar-refractivity contribution < 1.29 is 26.4 Å². The maximum Gasteiger partial charge on any atom is 0.433 e. The summed E-state index contributed by atoms with van der Waals surface area (Å²) in [7, 11) is -3.99. The smallest absolute Gasteiger partial charge is 0.324 e. The number of rotatable bonds is 6. The first-order valence-corrected chi connectivity index (χ1v) is 10.7. The van der Waals surface area contributed by atoms with Crippen molar-refractivity contribution in [3.8, 4) is 0 Å². The Labute approximate surface area is 181 Å². The summed E-state index contributed by atoms with van der Waals surface area (Å²) >= 11 is 0. The van der Waals surface area contributed by atoms with E-state index in [1.54, 1.807) is 19.9 Å². The average molecular weight is 468 g/mol. The second-order valence-corrected chi connectivity index (χ2v) is 8.66. The number of carbonyl (C=O) groups is 1. The highest BCUT2D eigenvalue weighted by atomic mass is 32.2. The van der Waals surface area contributed by atoms with E-state index in [0.29, 0.717) is 16.1 Å². The summed E-state index contributed by atoms with van der Waals surface area (Å²) in [6.45, 7) is 4.13. The van der Waals surface area contributed by atoms with Gasteiger partial charge in [0.2, 0.25) is 11.9 Å². The van der Waals surface area contributed by atoms with E-state index in [2.05, 4.69) is 25.1 Å². The number of nitrogens with zero attached hydrogens (tertiary/aromatic N) is 4. The third-order valence-electron chi connectivity index (χ3n) is 4.14. The van der Waals surface area contributed by atoms with Crippen LogP contribution in [0.5, 0.6) is 0 Å². The van der Waals surface area contributed by atoms with Crippen LogP contribution in [0.2, 0.25) is 0 Å². The van der Waals surface area contributed by atoms with Gasteiger partial charge in [-0.25, -0.2) is 23.1 Å². The molecule has 1 amide bonds. The predicted octanol–water partition coefficient (Wildman–Crippen LogP) is 3.06. The van der Waals surface area contributed by atoms with Gasteiger partial charge < -0.3 is 5.32 Å². The van der Waals surface area contributed by atoms with Crippen LogP contribution in [0, 0.1) is 20.8 Å². The fraction of sp³-hybridized carbons (Fsp3) is 0.263. The number of hydrogen-bond acceptors (Lipinski definition) is 6. The number of alkyl halides is 3. The molecule has 0 saturated heterocycles. The van der Waals surface area contributed by atoms with Gasteiger partial charge >= 0.3 is 6.18 Å². The van der Waals surface area contributed by atoms with Crippen molar-refractivity contribution in [1.29, 1.82) is 0 Å². The number of sulfonamides is 1. The van der Waals surface area contributed by atoms with Crippen molar-refractivity contribution >= 4 is 27.6 Å². The molecule has 0 radical (unpaired) electrons.